The molecule has 0 aliphatic carbocycles. The molecule has 5 rings (SSSR count). The molecule has 0 fully saturated rings. The number of hydrogen-bond donors (Lipinski definition) is 0. The van der Waals surface area contributed by atoms with Crippen LogP contribution >= 0.6 is 0 Å². The summed E-state index contributed by atoms with van der Waals surface area (Å²) in [6, 6.07) is 24.4. The first-order valence-corrected chi connectivity index (χ1v) is 9.58. The van der Waals surface area contributed by atoms with Gasteiger partial charge >= 0.3 is 5.97 Å². The van der Waals surface area contributed by atoms with Gasteiger partial charge < -0.3 is 4.74 Å². The van der Waals surface area contributed by atoms with Gasteiger partial charge in [0.25, 0.3) is 0 Å². The summed E-state index contributed by atoms with van der Waals surface area (Å²) in [6.45, 7) is 0.553. The number of rotatable bonds is 4. The molecule has 0 saturated heterocycles. The summed E-state index contributed by atoms with van der Waals surface area (Å²) in [4.78, 5) is 21.1. The van der Waals surface area contributed by atoms with E-state index >= 15 is 0 Å². The predicted molar refractivity (Wildman–Crippen MR) is 115 cm³/mol. The molecule has 0 radical (unpaired) electrons. The van der Waals surface area contributed by atoms with Crippen LogP contribution in [-0.2, 0) is 11.3 Å². The first-order valence-electron chi connectivity index (χ1n) is 9.58. The number of esters is 1. The number of ether oxygens (including phenoxy) is 1. The van der Waals surface area contributed by atoms with Crippen molar-refractivity contribution >= 4 is 27.9 Å². The van der Waals surface area contributed by atoms with Crippen molar-refractivity contribution in [2.45, 2.75) is 6.54 Å². The van der Waals surface area contributed by atoms with Gasteiger partial charge in [-0.2, -0.15) is 5.10 Å². The third-order valence-corrected chi connectivity index (χ3v) is 5.04. The fourth-order valence-corrected chi connectivity index (χ4v) is 3.55. The van der Waals surface area contributed by atoms with Crippen LogP contribution in [0, 0.1) is 0 Å². The lowest BCUT2D eigenvalue weighted by molar-refractivity contribution is 0.0594. The van der Waals surface area contributed by atoms with E-state index in [1.807, 2.05) is 53.2 Å². The Morgan fingerprint density at radius 2 is 1.73 bits per heavy atom. The molecule has 0 amide bonds. The van der Waals surface area contributed by atoms with Crippen molar-refractivity contribution in [1.29, 1.82) is 0 Å². The SMILES string of the molecule is COC(=O)c1cnc2c(n1)c(-c1ccc3ccccc3c1)nn2Cc1ccccc1. The highest BCUT2D eigenvalue weighted by atomic mass is 16.5. The second-order valence-electron chi connectivity index (χ2n) is 6.97. The van der Waals surface area contributed by atoms with E-state index in [1.54, 1.807) is 0 Å². The van der Waals surface area contributed by atoms with Crippen molar-refractivity contribution < 1.29 is 9.53 Å². The van der Waals surface area contributed by atoms with Crippen LogP contribution in [0.5, 0.6) is 0 Å². The highest BCUT2D eigenvalue weighted by Gasteiger charge is 2.19. The van der Waals surface area contributed by atoms with Crippen molar-refractivity contribution in [3.8, 4) is 11.3 Å². The zero-order chi connectivity index (χ0) is 20.5. The zero-order valence-electron chi connectivity index (χ0n) is 16.3. The lowest BCUT2D eigenvalue weighted by Gasteiger charge is -2.03. The van der Waals surface area contributed by atoms with Crippen LogP contribution < -0.4 is 0 Å². The van der Waals surface area contributed by atoms with Crippen LogP contribution in [0.1, 0.15) is 16.1 Å². The molecule has 0 atom stereocenters. The van der Waals surface area contributed by atoms with Gasteiger partial charge in [0.2, 0.25) is 0 Å². The Labute approximate surface area is 172 Å². The highest BCUT2D eigenvalue weighted by molar-refractivity contribution is 5.95. The van der Waals surface area contributed by atoms with Gasteiger partial charge in [-0.25, -0.2) is 19.4 Å². The molecule has 0 aliphatic heterocycles. The molecule has 3 aromatic carbocycles. The fourth-order valence-electron chi connectivity index (χ4n) is 3.55. The predicted octanol–water partition coefficient (Wildman–Crippen LogP) is 4.48. The number of hydrogen-bond acceptors (Lipinski definition) is 5. The molecular formula is C24H18N4O2. The zero-order valence-corrected chi connectivity index (χ0v) is 16.3. The maximum atomic E-state index is 12.0. The average molecular weight is 394 g/mol. The Balaban J connectivity index is 1.70. The Hall–Kier alpha value is -4.06. The van der Waals surface area contributed by atoms with Gasteiger partial charge in [-0.05, 0) is 22.4 Å². The summed E-state index contributed by atoms with van der Waals surface area (Å²) in [5.41, 5.74) is 4.06. The van der Waals surface area contributed by atoms with E-state index in [2.05, 4.69) is 34.2 Å². The summed E-state index contributed by atoms with van der Waals surface area (Å²) >= 11 is 0. The van der Waals surface area contributed by atoms with E-state index in [9.17, 15) is 4.79 Å². The van der Waals surface area contributed by atoms with Crippen LogP contribution in [0.25, 0.3) is 33.2 Å². The first-order chi connectivity index (χ1) is 14.7. The Morgan fingerprint density at radius 1 is 0.967 bits per heavy atom. The van der Waals surface area contributed by atoms with Crippen LogP contribution in [0.4, 0.5) is 0 Å². The molecular weight excluding hydrogens is 376 g/mol. The maximum absolute atomic E-state index is 12.0. The third kappa shape index (κ3) is 3.18. The third-order valence-electron chi connectivity index (χ3n) is 5.04. The van der Waals surface area contributed by atoms with Crippen molar-refractivity contribution in [1.82, 2.24) is 19.7 Å². The van der Waals surface area contributed by atoms with Crippen LogP contribution in [0.2, 0.25) is 0 Å². The molecule has 0 spiro atoms. The molecule has 0 saturated carbocycles. The van der Waals surface area contributed by atoms with E-state index in [4.69, 9.17) is 9.84 Å². The van der Waals surface area contributed by atoms with Crippen molar-refractivity contribution in [2.24, 2.45) is 0 Å². The molecule has 0 aliphatic rings. The topological polar surface area (TPSA) is 69.9 Å². The number of nitrogens with zero attached hydrogens (tertiary/aromatic N) is 4. The van der Waals surface area contributed by atoms with Gasteiger partial charge in [-0.15, -0.1) is 0 Å². The monoisotopic (exact) mass is 394 g/mol. The molecule has 6 nitrogen and oxygen atoms in total. The van der Waals surface area contributed by atoms with Gasteiger partial charge in [0.1, 0.15) is 11.2 Å². The van der Waals surface area contributed by atoms with E-state index in [0.29, 0.717) is 23.4 Å². The smallest absolute Gasteiger partial charge is 0.358 e. The van der Waals surface area contributed by atoms with Crippen molar-refractivity contribution in [3.63, 3.8) is 0 Å². The van der Waals surface area contributed by atoms with Gasteiger partial charge in [-0.3, -0.25) is 0 Å². The molecule has 5 aromatic rings. The molecule has 0 N–H and O–H groups in total. The van der Waals surface area contributed by atoms with Crippen LogP contribution in [0.3, 0.4) is 0 Å². The average Bonchev–Trinajstić information content (AvgIpc) is 3.16. The van der Waals surface area contributed by atoms with Gasteiger partial charge in [0.15, 0.2) is 11.3 Å². The maximum Gasteiger partial charge on any atom is 0.358 e. The van der Waals surface area contributed by atoms with E-state index in [1.165, 1.54) is 13.3 Å². The molecule has 0 unspecified atom stereocenters. The summed E-state index contributed by atoms with van der Waals surface area (Å²) in [5, 5.41) is 7.09. The van der Waals surface area contributed by atoms with Gasteiger partial charge in [-0.1, -0.05) is 66.7 Å². The molecule has 2 aromatic heterocycles. The fraction of sp³-hybridized carbons (Fsp3) is 0.0833. The number of carbonyl (C=O) groups is 1. The summed E-state index contributed by atoms with van der Waals surface area (Å²) in [7, 11) is 1.33. The minimum Gasteiger partial charge on any atom is -0.464 e. The van der Waals surface area contributed by atoms with Gasteiger partial charge in [0, 0.05) is 5.56 Å². The Morgan fingerprint density at radius 3 is 2.53 bits per heavy atom. The normalized spacial score (nSPS) is 11.1. The van der Waals surface area contributed by atoms with E-state index in [0.717, 1.165) is 21.9 Å². The summed E-state index contributed by atoms with van der Waals surface area (Å²) < 4.78 is 6.64. The van der Waals surface area contributed by atoms with Crippen molar-refractivity contribution in [2.75, 3.05) is 7.11 Å². The molecule has 2 heterocycles. The van der Waals surface area contributed by atoms with Crippen molar-refractivity contribution in [3.05, 3.63) is 90.3 Å². The van der Waals surface area contributed by atoms with Crippen LogP contribution in [-0.4, -0.2) is 32.8 Å². The lowest BCUT2D eigenvalue weighted by atomic mass is 10.0. The summed E-state index contributed by atoms with van der Waals surface area (Å²) in [5.74, 6) is -0.523. The number of benzene rings is 3. The largest absolute Gasteiger partial charge is 0.464 e. The van der Waals surface area contributed by atoms with Gasteiger partial charge in [0.05, 0.1) is 19.9 Å². The number of carbonyl (C=O) groups excluding carboxylic acids is 1. The molecule has 146 valence electrons. The minimum atomic E-state index is -0.523. The lowest BCUT2D eigenvalue weighted by Crippen LogP contribution is -2.06. The minimum absolute atomic E-state index is 0.159. The Bertz CT molecular complexity index is 1380. The van der Waals surface area contributed by atoms with Crippen LogP contribution in [0.15, 0.2) is 79.0 Å². The van der Waals surface area contributed by atoms with E-state index < -0.39 is 5.97 Å². The molecule has 0 bridgehead atoms. The second-order valence-corrected chi connectivity index (χ2v) is 6.97. The molecule has 6 heteroatoms. The first kappa shape index (κ1) is 18.0. The number of fused-ring (bicyclic) bond motifs is 2. The molecule has 30 heavy (non-hydrogen) atoms. The second kappa shape index (κ2) is 7.40. The summed E-state index contributed by atoms with van der Waals surface area (Å²) in [6.07, 6.45) is 1.43. The van der Waals surface area contributed by atoms with E-state index in [-0.39, 0.29) is 5.69 Å². The standard InChI is InChI=1S/C24H18N4O2/c1-30-24(29)20-14-25-23-22(26-20)21(27-28(23)15-16-7-3-2-4-8-16)19-12-11-17-9-5-6-10-18(17)13-19/h2-14H,15H2,1H3. The highest BCUT2D eigenvalue weighted by Crippen LogP contribution is 2.29. The Kier molecular flexibility index (Phi) is 4.44. The number of aromatic nitrogens is 4. The number of methoxy groups -OCH3 is 1. The quantitative estimate of drug-likeness (QED) is 0.420.